The van der Waals surface area contributed by atoms with Crippen LogP contribution in [0.15, 0.2) is 35.3 Å². The second-order valence-electron chi connectivity index (χ2n) is 7.84. The lowest BCUT2D eigenvalue weighted by atomic mass is 10.2. The number of likely N-dealkylation sites (N-methyl/N-ethyl adjacent to an activating group) is 1. The number of carbonyl (C=O) groups is 1. The molecule has 1 N–H and O–H groups in total. The third-order valence-corrected chi connectivity index (χ3v) is 6.09. The van der Waals surface area contributed by atoms with Gasteiger partial charge < -0.3 is 9.88 Å². The SMILES string of the molecule is CCN1CCCC1CNC(=O)CCCn1c2ccccc2c2cnn(C)c(=O)c21. The van der Waals surface area contributed by atoms with Crippen molar-refractivity contribution < 1.29 is 4.79 Å². The molecule has 1 aromatic carbocycles. The molecule has 1 amide bonds. The van der Waals surface area contributed by atoms with Crippen LogP contribution < -0.4 is 10.9 Å². The lowest BCUT2D eigenvalue weighted by molar-refractivity contribution is -0.121. The first-order valence-corrected chi connectivity index (χ1v) is 10.5. The van der Waals surface area contributed by atoms with Crippen LogP contribution in [0.4, 0.5) is 0 Å². The quantitative estimate of drug-likeness (QED) is 0.666. The Bertz CT molecular complexity index is 1080. The first-order valence-electron chi connectivity index (χ1n) is 10.5. The maximum absolute atomic E-state index is 12.7. The summed E-state index contributed by atoms with van der Waals surface area (Å²) in [6.45, 7) is 5.70. The Hall–Kier alpha value is -2.67. The van der Waals surface area contributed by atoms with E-state index in [9.17, 15) is 9.59 Å². The highest BCUT2D eigenvalue weighted by Crippen LogP contribution is 2.26. The Morgan fingerprint density at radius 3 is 2.93 bits per heavy atom. The summed E-state index contributed by atoms with van der Waals surface area (Å²) >= 11 is 0. The van der Waals surface area contributed by atoms with Gasteiger partial charge in [0.1, 0.15) is 5.52 Å². The van der Waals surface area contributed by atoms with Gasteiger partial charge in [-0.2, -0.15) is 5.10 Å². The smallest absolute Gasteiger partial charge is 0.291 e. The maximum atomic E-state index is 12.7. The third kappa shape index (κ3) is 3.79. The molecule has 1 aliphatic heterocycles. The lowest BCUT2D eigenvalue weighted by Crippen LogP contribution is -2.40. The number of nitrogens with zero attached hydrogens (tertiary/aromatic N) is 4. The van der Waals surface area contributed by atoms with Gasteiger partial charge in [0.2, 0.25) is 5.91 Å². The second kappa shape index (κ2) is 8.37. The fourth-order valence-electron chi connectivity index (χ4n) is 4.53. The van der Waals surface area contributed by atoms with E-state index in [4.69, 9.17) is 0 Å². The number of aromatic nitrogens is 3. The molecule has 4 rings (SSSR count). The van der Waals surface area contributed by atoms with Gasteiger partial charge >= 0.3 is 0 Å². The highest BCUT2D eigenvalue weighted by molar-refractivity contribution is 6.07. The zero-order chi connectivity index (χ0) is 20.4. The van der Waals surface area contributed by atoms with Gasteiger partial charge in [-0.1, -0.05) is 25.1 Å². The number of likely N-dealkylation sites (tertiary alicyclic amines) is 1. The van der Waals surface area contributed by atoms with Crippen molar-refractivity contribution in [2.75, 3.05) is 19.6 Å². The number of aryl methyl sites for hydroxylation is 2. The zero-order valence-corrected chi connectivity index (χ0v) is 17.2. The van der Waals surface area contributed by atoms with Crippen molar-refractivity contribution in [1.29, 1.82) is 0 Å². The number of nitrogens with one attached hydrogen (secondary N) is 1. The van der Waals surface area contributed by atoms with Gasteiger partial charge in [-0.05, 0) is 38.4 Å². The van der Waals surface area contributed by atoms with Crippen LogP contribution in [-0.4, -0.2) is 50.8 Å². The number of amides is 1. The molecule has 3 aromatic rings. The summed E-state index contributed by atoms with van der Waals surface area (Å²) in [4.78, 5) is 27.5. The number of fused-ring (bicyclic) bond motifs is 3. The largest absolute Gasteiger partial charge is 0.355 e. The molecule has 2 aromatic heterocycles. The van der Waals surface area contributed by atoms with E-state index in [0.29, 0.717) is 30.9 Å². The van der Waals surface area contributed by atoms with E-state index >= 15 is 0 Å². The molecule has 1 atom stereocenters. The lowest BCUT2D eigenvalue weighted by Gasteiger charge is -2.22. The summed E-state index contributed by atoms with van der Waals surface area (Å²) < 4.78 is 3.41. The molecule has 3 heterocycles. The molecule has 7 nitrogen and oxygen atoms in total. The molecule has 0 bridgehead atoms. The fraction of sp³-hybridized carbons (Fsp3) is 0.500. The van der Waals surface area contributed by atoms with E-state index < -0.39 is 0 Å². The van der Waals surface area contributed by atoms with Crippen LogP contribution in [0.2, 0.25) is 0 Å². The minimum Gasteiger partial charge on any atom is -0.355 e. The van der Waals surface area contributed by atoms with Gasteiger partial charge in [0, 0.05) is 48.9 Å². The van der Waals surface area contributed by atoms with E-state index in [1.807, 2.05) is 28.8 Å². The molecular formula is C22H29N5O2. The minimum absolute atomic E-state index is 0.0864. The van der Waals surface area contributed by atoms with E-state index in [-0.39, 0.29) is 11.5 Å². The molecule has 0 spiro atoms. The third-order valence-electron chi connectivity index (χ3n) is 6.09. The molecule has 7 heteroatoms. The average molecular weight is 396 g/mol. The van der Waals surface area contributed by atoms with Crippen molar-refractivity contribution in [2.24, 2.45) is 7.05 Å². The number of hydrogen-bond donors (Lipinski definition) is 1. The van der Waals surface area contributed by atoms with Crippen LogP contribution in [-0.2, 0) is 18.4 Å². The Balaban J connectivity index is 1.45. The zero-order valence-electron chi connectivity index (χ0n) is 17.2. The Labute approximate surface area is 170 Å². The maximum Gasteiger partial charge on any atom is 0.291 e. The number of benzene rings is 1. The standard InChI is InChI=1S/C22H29N5O2/c1-3-26-12-6-8-16(26)14-23-20(28)11-7-13-27-19-10-5-4-9-17(19)18-15-24-25(2)22(29)21(18)27/h4-5,9-10,15-16H,3,6-8,11-14H2,1-2H3,(H,23,28). The van der Waals surface area contributed by atoms with Gasteiger partial charge in [-0.3, -0.25) is 14.5 Å². The first-order chi connectivity index (χ1) is 14.1. The van der Waals surface area contributed by atoms with Gasteiger partial charge in [0.05, 0.1) is 6.20 Å². The summed E-state index contributed by atoms with van der Waals surface area (Å²) in [5.41, 5.74) is 1.57. The molecule has 1 unspecified atom stereocenters. The molecule has 29 heavy (non-hydrogen) atoms. The Kier molecular flexibility index (Phi) is 5.67. The second-order valence-corrected chi connectivity index (χ2v) is 7.84. The Morgan fingerprint density at radius 1 is 1.28 bits per heavy atom. The fourth-order valence-corrected chi connectivity index (χ4v) is 4.53. The predicted octanol–water partition coefficient (Wildman–Crippen LogP) is 2.27. The van der Waals surface area contributed by atoms with Crippen LogP contribution in [0.3, 0.4) is 0 Å². The van der Waals surface area contributed by atoms with Crippen LogP contribution in [0.5, 0.6) is 0 Å². The van der Waals surface area contributed by atoms with Crippen molar-refractivity contribution >= 4 is 27.7 Å². The monoisotopic (exact) mass is 395 g/mol. The van der Waals surface area contributed by atoms with Crippen molar-refractivity contribution in [3.8, 4) is 0 Å². The average Bonchev–Trinajstić information content (AvgIpc) is 3.32. The summed E-state index contributed by atoms with van der Waals surface area (Å²) in [6.07, 6.45) is 5.27. The normalized spacial score (nSPS) is 17.4. The Morgan fingerprint density at radius 2 is 2.10 bits per heavy atom. The van der Waals surface area contributed by atoms with Crippen LogP contribution in [0, 0.1) is 0 Å². The topological polar surface area (TPSA) is 72.2 Å². The summed E-state index contributed by atoms with van der Waals surface area (Å²) in [5, 5.41) is 9.17. The number of carbonyl (C=O) groups excluding carboxylic acids is 1. The summed E-state index contributed by atoms with van der Waals surface area (Å²) in [6, 6.07) is 8.46. The van der Waals surface area contributed by atoms with E-state index in [0.717, 1.165) is 42.3 Å². The van der Waals surface area contributed by atoms with Crippen molar-refractivity contribution in [2.45, 2.75) is 45.2 Å². The molecule has 0 radical (unpaired) electrons. The van der Waals surface area contributed by atoms with Crippen LogP contribution in [0.1, 0.15) is 32.6 Å². The van der Waals surface area contributed by atoms with E-state index in [2.05, 4.69) is 22.2 Å². The van der Waals surface area contributed by atoms with E-state index in [1.54, 1.807) is 13.2 Å². The van der Waals surface area contributed by atoms with Crippen molar-refractivity contribution in [3.05, 3.63) is 40.8 Å². The summed E-state index contributed by atoms with van der Waals surface area (Å²) in [7, 11) is 1.67. The van der Waals surface area contributed by atoms with Crippen LogP contribution >= 0.6 is 0 Å². The first kappa shape index (κ1) is 19.6. The minimum atomic E-state index is -0.107. The molecular weight excluding hydrogens is 366 g/mol. The summed E-state index contributed by atoms with van der Waals surface area (Å²) in [5.74, 6) is 0.0864. The molecule has 1 saturated heterocycles. The molecule has 0 aliphatic carbocycles. The molecule has 1 aliphatic rings. The molecule has 1 fully saturated rings. The number of para-hydroxylation sites is 1. The van der Waals surface area contributed by atoms with Gasteiger partial charge in [-0.25, -0.2) is 4.68 Å². The highest BCUT2D eigenvalue weighted by atomic mass is 16.1. The van der Waals surface area contributed by atoms with Gasteiger partial charge in [-0.15, -0.1) is 0 Å². The number of hydrogen-bond acceptors (Lipinski definition) is 4. The van der Waals surface area contributed by atoms with Crippen molar-refractivity contribution in [1.82, 2.24) is 24.6 Å². The molecule has 154 valence electrons. The van der Waals surface area contributed by atoms with E-state index in [1.165, 1.54) is 11.1 Å². The number of rotatable bonds is 7. The van der Waals surface area contributed by atoms with Gasteiger partial charge in [0.25, 0.3) is 5.56 Å². The predicted molar refractivity (Wildman–Crippen MR) is 115 cm³/mol. The molecule has 0 saturated carbocycles. The van der Waals surface area contributed by atoms with Gasteiger partial charge in [0.15, 0.2) is 0 Å². The van der Waals surface area contributed by atoms with Crippen molar-refractivity contribution in [3.63, 3.8) is 0 Å². The highest BCUT2D eigenvalue weighted by Gasteiger charge is 2.23. The van der Waals surface area contributed by atoms with Crippen LogP contribution in [0.25, 0.3) is 21.8 Å².